The van der Waals surface area contributed by atoms with Gasteiger partial charge in [0.1, 0.15) is 11.6 Å². The first-order chi connectivity index (χ1) is 16.9. The summed E-state index contributed by atoms with van der Waals surface area (Å²) >= 11 is 0. The third kappa shape index (κ3) is 5.74. The standard InChI is InChI=1S/C27H41N5O3/c1-16-6-11-21-25(17(16)2)26(28)32-27(31-21)30-20-9-7-18(8-10-20)14-29-15-19-12-23(34-4)24(35-5)13-22(19)33-3/h12-13,16-18,20,29H,6-11,14-15H2,1-5H3,(H3,28,30,31,32)/t16-,17-,18?,20?/m1/s1. The molecule has 0 aliphatic heterocycles. The van der Waals surface area contributed by atoms with E-state index in [4.69, 9.17) is 24.9 Å². The second kappa shape index (κ2) is 11.3. The summed E-state index contributed by atoms with van der Waals surface area (Å²) in [5, 5.41) is 7.18. The van der Waals surface area contributed by atoms with Gasteiger partial charge >= 0.3 is 0 Å². The van der Waals surface area contributed by atoms with Gasteiger partial charge in [-0.1, -0.05) is 13.8 Å². The molecule has 1 saturated carbocycles. The summed E-state index contributed by atoms with van der Waals surface area (Å²) in [5.74, 6) is 5.24. The molecule has 2 aromatic rings. The second-order valence-corrected chi connectivity index (χ2v) is 10.1. The van der Waals surface area contributed by atoms with Crippen LogP contribution in [-0.2, 0) is 13.0 Å². The van der Waals surface area contributed by atoms with Crippen LogP contribution in [0.3, 0.4) is 0 Å². The van der Waals surface area contributed by atoms with Crippen LogP contribution in [0.1, 0.15) is 68.7 Å². The molecule has 1 aromatic heterocycles. The Bertz CT molecular complexity index is 1010. The Kier molecular flexibility index (Phi) is 8.21. The first kappa shape index (κ1) is 25.4. The highest BCUT2D eigenvalue weighted by Crippen LogP contribution is 2.38. The summed E-state index contributed by atoms with van der Waals surface area (Å²) in [7, 11) is 4.96. The summed E-state index contributed by atoms with van der Waals surface area (Å²) in [6, 6.07) is 4.26. The van der Waals surface area contributed by atoms with Gasteiger partial charge in [-0.05, 0) is 68.9 Å². The maximum atomic E-state index is 6.36. The number of nitrogens with two attached hydrogens (primary N) is 1. The first-order valence-corrected chi connectivity index (χ1v) is 12.9. The van der Waals surface area contributed by atoms with E-state index in [9.17, 15) is 0 Å². The number of anilines is 2. The Hall–Kier alpha value is -2.74. The van der Waals surface area contributed by atoms with Crippen molar-refractivity contribution in [2.45, 2.75) is 70.9 Å². The molecule has 0 amide bonds. The number of rotatable bonds is 9. The molecule has 2 atom stereocenters. The quantitative estimate of drug-likeness (QED) is 0.478. The molecule has 4 N–H and O–H groups in total. The molecule has 8 heteroatoms. The van der Waals surface area contributed by atoms with E-state index >= 15 is 0 Å². The topological polar surface area (TPSA) is 104 Å². The van der Waals surface area contributed by atoms with Crippen molar-refractivity contribution in [1.82, 2.24) is 15.3 Å². The number of hydrogen-bond donors (Lipinski definition) is 3. The van der Waals surface area contributed by atoms with E-state index in [0.29, 0.717) is 47.1 Å². The SMILES string of the molecule is COc1cc(OC)c(OC)cc1CNCC1CCC(Nc2nc(N)c3c(n2)CC[C@@H](C)[C@H]3C)CC1. The molecule has 4 rings (SSSR count). The van der Waals surface area contributed by atoms with Crippen molar-refractivity contribution in [3.05, 3.63) is 29.0 Å². The molecular formula is C27H41N5O3. The number of hydrogen-bond acceptors (Lipinski definition) is 8. The van der Waals surface area contributed by atoms with Gasteiger partial charge in [0.25, 0.3) is 0 Å². The molecule has 2 aliphatic carbocycles. The third-order valence-electron chi connectivity index (χ3n) is 7.91. The lowest BCUT2D eigenvalue weighted by molar-refractivity contribution is 0.321. The number of ether oxygens (including phenoxy) is 3. The average molecular weight is 484 g/mol. The van der Waals surface area contributed by atoms with Crippen LogP contribution in [0.25, 0.3) is 0 Å². The van der Waals surface area contributed by atoms with E-state index in [1.165, 1.54) is 12.8 Å². The zero-order chi connectivity index (χ0) is 24.9. The molecule has 1 aromatic carbocycles. The zero-order valence-electron chi connectivity index (χ0n) is 21.8. The predicted octanol–water partition coefficient (Wildman–Crippen LogP) is 4.53. The minimum Gasteiger partial charge on any atom is -0.496 e. The Morgan fingerprint density at radius 2 is 1.60 bits per heavy atom. The zero-order valence-corrected chi connectivity index (χ0v) is 21.8. The fourth-order valence-electron chi connectivity index (χ4n) is 5.52. The summed E-state index contributed by atoms with van der Waals surface area (Å²) in [4.78, 5) is 9.47. The van der Waals surface area contributed by atoms with Gasteiger partial charge in [-0.3, -0.25) is 0 Å². The molecule has 0 saturated heterocycles. The summed E-state index contributed by atoms with van der Waals surface area (Å²) in [5.41, 5.74) is 9.71. The van der Waals surface area contributed by atoms with Gasteiger partial charge < -0.3 is 30.6 Å². The van der Waals surface area contributed by atoms with Crippen molar-refractivity contribution in [1.29, 1.82) is 0 Å². The van der Waals surface area contributed by atoms with Crippen molar-refractivity contribution in [3.8, 4) is 17.2 Å². The summed E-state index contributed by atoms with van der Waals surface area (Å²) in [6.07, 6.45) is 6.72. The lowest BCUT2D eigenvalue weighted by atomic mass is 9.79. The molecule has 0 bridgehead atoms. The number of aryl methyl sites for hydroxylation is 1. The number of nitrogens with zero attached hydrogens (tertiary/aromatic N) is 2. The van der Waals surface area contributed by atoms with E-state index in [1.807, 2.05) is 12.1 Å². The fourth-order valence-corrected chi connectivity index (χ4v) is 5.52. The van der Waals surface area contributed by atoms with E-state index in [-0.39, 0.29) is 0 Å². The van der Waals surface area contributed by atoms with E-state index in [1.54, 1.807) is 21.3 Å². The number of methoxy groups -OCH3 is 3. The van der Waals surface area contributed by atoms with Crippen LogP contribution in [0.4, 0.5) is 11.8 Å². The van der Waals surface area contributed by atoms with Gasteiger partial charge in [-0.15, -0.1) is 0 Å². The Labute approximate surface area is 209 Å². The van der Waals surface area contributed by atoms with Gasteiger partial charge in [0.05, 0.1) is 27.0 Å². The van der Waals surface area contributed by atoms with Gasteiger partial charge in [0.15, 0.2) is 11.5 Å². The van der Waals surface area contributed by atoms with Gasteiger partial charge in [-0.25, -0.2) is 4.98 Å². The lowest BCUT2D eigenvalue weighted by Crippen LogP contribution is -2.32. The monoisotopic (exact) mass is 483 g/mol. The molecular weight excluding hydrogens is 442 g/mol. The normalized spacial score (nSPS) is 23.9. The van der Waals surface area contributed by atoms with Crippen molar-refractivity contribution >= 4 is 11.8 Å². The highest BCUT2D eigenvalue weighted by Gasteiger charge is 2.28. The van der Waals surface area contributed by atoms with E-state index in [0.717, 1.165) is 61.3 Å². The lowest BCUT2D eigenvalue weighted by Gasteiger charge is -2.31. The molecule has 2 aliphatic rings. The van der Waals surface area contributed by atoms with Crippen LogP contribution < -0.4 is 30.6 Å². The maximum absolute atomic E-state index is 6.36. The third-order valence-corrected chi connectivity index (χ3v) is 7.91. The van der Waals surface area contributed by atoms with Gasteiger partial charge in [0.2, 0.25) is 5.95 Å². The van der Waals surface area contributed by atoms with Gasteiger partial charge in [0, 0.05) is 29.8 Å². The number of benzene rings is 1. The molecule has 35 heavy (non-hydrogen) atoms. The fraction of sp³-hybridized carbons (Fsp3) is 0.630. The number of nitrogens with one attached hydrogen (secondary N) is 2. The first-order valence-electron chi connectivity index (χ1n) is 12.9. The van der Waals surface area contributed by atoms with Crippen LogP contribution >= 0.6 is 0 Å². The molecule has 192 valence electrons. The van der Waals surface area contributed by atoms with E-state index in [2.05, 4.69) is 29.5 Å². The van der Waals surface area contributed by atoms with Crippen molar-refractivity contribution in [2.24, 2.45) is 11.8 Å². The second-order valence-electron chi connectivity index (χ2n) is 10.1. The van der Waals surface area contributed by atoms with Crippen molar-refractivity contribution in [3.63, 3.8) is 0 Å². The number of fused-ring (bicyclic) bond motifs is 1. The smallest absolute Gasteiger partial charge is 0.225 e. The van der Waals surface area contributed by atoms with Crippen LogP contribution in [0.15, 0.2) is 12.1 Å². The van der Waals surface area contributed by atoms with Crippen LogP contribution in [0, 0.1) is 11.8 Å². The average Bonchev–Trinajstić information content (AvgIpc) is 2.86. The number of aromatic nitrogens is 2. The number of nitrogen functional groups attached to an aromatic ring is 1. The molecule has 1 fully saturated rings. The molecule has 0 spiro atoms. The highest BCUT2D eigenvalue weighted by atomic mass is 16.5. The van der Waals surface area contributed by atoms with Gasteiger partial charge in [-0.2, -0.15) is 4.98 Å². The highest BCUT2D eigenvalue weighted by molar-refractivity contribution is 5.51. The molecule has 0 radical (unpaired) electrons. The van der Waals surface area contributed by atoms with Crippen LogP contribution in [0.5, 0.6) is 17.2 Å². The minimum atomic E-state index is 0.398. The molecule has 1 heterocycles. The van der Waals surface area contributed by atoms with E-state index < -0.39 is 0 Å². The van der Waals surface area contributed by atoms with Crippen LogP contribution in [-0.4, -0.2) is 43.9 Å². The Morgan fingerprint density at radius 3 is 2.29 bits per heavy atom. The largest absolute Gasteiger partial charge is 0.496 e. The molecule has 8 nitrogen and oxygen atoms in total. The van der Waals surface area contributed by atoms with Crippen molar-refractivity contribution < 1.29 is 14.2 Å². The van der Waals surface area contributed by atoms with Crippen molar-refractivity contribution in [2.75, 3.05) is 38.9 Å². The summed E-state index contributed by atoms with van der Waals surface area (Å²) < 4.78 is 16.4. The maximum Gasteiger partial charge on any atom is 0.225 e. The Morgan fingerprint density at radius 1 is 0.914 bits per heavy atom. The summed E-state index contributed by atoms with van der Waals surface area (Å²) in [6.45, 7) is 6.23. The molecule has 0 unspecified atom stereocenters. The Balaban J connectivity index is 1.27. The van der Waals surface area contributed by atoms with Crippen LogP contribution in [0.2, 0.25) is 0 Å². The predicted molar refractivity (Wildman–Crippen MR) is 140 cm³/mol. The minimum absolute atomic E-state index is 0.398.